The van der Waals surface area contributed by atoms with Crippen LogP contribution in [0, 0.1) is 6.07 Å². The molecule has 10 heavy (non-hydrogen) atoms. The predicted octanol–water partition coefficient (Wildman–Crippen LogP) is 2.58. The molecule has 0 spiro atoms. The highest BCUT2D eigenvalue weighted by atomic mass is 79.9. The van der Waals surface area contributed by atoms with Crippen LogP contribution < -0.4 is 0 Å². The summed E-state index contributed by atoms with van der Waals surface area (Å²) in [5.41, 5.74) is -0.123. The third-order valence-corrected chi connectivity index (χ3v) is 1.63. The first kappa shape index (κ1) is 7.60. The van der Waals surface area contributed by atoms with Crippen molar-refractivity contribution in [2.24, 2.45) is 0 Å². The summed E-state index contributed by atoms with van der Waals surface area (Å²) in [6, 6.07) is 3.67. The van der Waals surface area contributed by atoms with E-state index < -0.39 is 6.43 Å². The minimum atomic E-state index is -2.49. The van der Waals surface area contributed by atoms with E-state index in [1.807, 2.05) is 0 Å². The fraction of sp³-hybridized carbons (Fsp3) is 0.167. The number of hydrogen-bond acceptors (Lipinski definition) is 1. The largest absolute Gasteiger partial charge is 0.266 e. The summed E-state index contributed by atoms with van der Waals surface area (Å²) in [5.74, 6) is 0. The fourth-order valence-corrected chi connectivity index (χ4v) is 0.898. The molecule has 0 amide bonds. The summed E-state index contributed by atoms with van der Waals surface area (Å²) >= 11 is 2.89. The summed E-state index contributed by atoms with van der Waals surface area (Å²) in [6.45, 7) is 0. The maximum atomic E-state index is 11.9. The number of nitrogens with zero attached hydrogens (tertiary/aromatic N) is 1. The van der Waals surface area contributed by atoms with Crippen molar-refractivity contribution < 1.29 is 8.78 Å². The van der Waals surface area contributed by atoms with Gasteiger partial charge in [-0.05, 0) is 22.0 Å². The Balaban J connectivity index is 3.03. The molecule has 0 aliphatic rings. The Labute approximate surface area is 65.2 Å². The van der Waals surface area contributed by atoms with Gasteiger partial charge in [0.2, 0.25) is 0 Å². The van der Waals surface area contributed by atoms with Crippen molar-refractivity contribution in [3.8, 4) is 0 Å². The maximum absolute atomic E-state index is 11.9. The number of hydrogen-bond donors (Lipinski definition) is 0. The summed E-state index contributed by atoms with van der Waals surface area (Å²) in [5, 5.41) is 0. The Kier molecular flexibility index (Phi) is 2.32. The van der Waals surface area contributed by atoms with Gasteiger partial charge in [0.1, 0.15) is 4.60 Å². The first-order chi connectivity index (χ1) is 4.72. The van der Waals surface area contributed by atoms with Gasteiger partial charge in [-0.3, -0.25) is 0 Å². The normalized spacial score (nSPS) is 10.4. The lowest BCUT2D eigenvalue weighted by atomic mass is 10.3. The van der Waals surface area contributed by atoms with Crippen molar-refractivity contribution in [3.05, 3.63) is 28.5 Å². The summed E-state index contributed by atoms with van der Waals surface area (Å²) in [4.78, 5) is 3.58. The van der Waals surface area contributed by atoms with Crippen LogP contribution >= 0.6 is 15.9 Å². The van der Waals surface area contributed by atoms with E-state index in [1.54, 1.807) is 0 Å². The van der Waals surface area contributed by atoms with E-state index in [-0.39, 0.29) is 10.2 Å². The average molecular weight is 207 g/mol. The van der Waals surface area contributed by atoms with Crippen molar-refractivity contribution in [1.82, 2.24) is 4.98 Å². The molecule has 53 valence electrons. The molecule has 1 aromatic rings. The van der Waals surface area contributed by atoms with Crippen LogP contribution in [0.4, 0.5) is 8.78 Å². The lowest BCUT2D eigenvalue weighted by molar-refractivity contribution is 0.150. The van der Waals surface area contributed by atoms with Crippen LogP contribution in [0.2, 0.25) is 0 Å². The molecule has 0 aliphatic carbocycles. The van der Waals surface area contributed by atoms with E-state index in [2.05, 4.69) is 27.0 Å². The molecular weight excluding hydrogens is 204 g/mol. The van der Waals surface area contributed by atoms with E-state index in [9.17, 15) is 8.78 Å². The van der Waals surface area contributed by atoms with Gasteiger partial charge in [0, 0.05) is 12.3 Å². The highest BCUT2D eigenvalue weighted by molar-refractivity contribution is 9.10. The predicted molar refractivity (Wildman–Crippen MR) is 35.7 cm³/mol. The fourth-order valence-electron chi connectivity index (χ4n) is 0.508. The van der Waals surface area contributed by atoms with Crippen molar-refractivity contribution in [3.63, 3.8) is 0 Å². The van der Waals surface area contributed by atoms with Crippen LogP contribution in [0.15, 0.2) is 16.9 Å². The molecule has 1 aromatic heterocycles. The van der Waals surface area contributed by atoms with Gasteiger partial charge in [0.15, 0.2) is 0 Å². The van der Waals surface area contributed by atoms with Crippen LogP contribution in [-0.4, -0.2) is 4.98 Å². The van der Waals surface area contributed by atoms with Gasteiger partial charge >= 0.3 is 0 Å². The van der Waals surface area contributed by atoms with Gasteiger partial charge in [-0.2, -0.15) is 0 Å². The van der Waals surface area contributed by atoms with E-state index in [0.29, 0.717) is 0 Å². The monoisotopic (exact) mass is 206 g/mol. The van der Waals surface area contributed by atoms with Gasteiger partial charge in [-0.25, -0.2) is 13.8 Å². The van der Waals surface area contributed by atoms with Crippen molar-refractivity contribution in [1.29, 1.82) is 0 Å². The lowest BCUT2D eigenvalue weighted by Crippen LogP contribution is -1.87. The topological polar surface area (TPSA) is 12.9 Å². The summed E-state index contributed by atoms with van der Waals surface area (Å²) in [6.07, 6.45) is -1.16. The number of alkyl halides is 2. The van der Waals surface area contributed by atoms with Crippen LogP contribution in [0.3, 0.4) is 0 Å². The SMILES string of the molecule is FC(F)c1c[c]cnc1Br. The van der Waals surface area contributed by atoms with Gasteiger partial charge in [0.05, 0.1) is 5.56 Å². The Morgan fingerprint density at radius 1 is 1.60 bits per heavy atom. The molecule has 0 aromatic carbocycles. The smallest absolute Gasteiger partial charge is 0.248 e. The standard InChI is InChI=1S/C6H3BrF2N/c7-5-4(6(8)9)2-1-3-10-5/h2-3,6H. The van der Waals surface area contributed by atoms with Crippen LogP contribution in [0.25, 0.3) is 0 Å². The van der Waals surface area contributed by atoms with Crippen LogP contribution in [-0.2, 0) is 0 Å². The van der Waals surface area contributed by atoms with Gasteiger partial charge in [-0.1, -0.05) is 0 Å². The Morgan fingerprint density at radius 2 is 2.30 bits per heavy atom. The molecule has 1 radical (unpaired) electrons. The molecule has 0 unspecified atom stereocenters. The molecule has 0 fully saturated rings. The Bertz CT molecular complexity index is 227. The van der Waals surface area contributed by atoms with Crippen LogP contribution in [0.1, 0.15) is 12.0 Å². The molecule has 0 bridgehead atoms. The summed E-state index contributed by atoms with van der Waals surface area (Å²) < 4.78 is 24.1. The second-order valence-electron chi connectivity index (χ2n) is 1.62. The summed E-state index contributed by atoms with van der Waals surface area (Å²) in [7, 11) is 0. The number of rotatable bonds is 1. The lowest BCUT2D eigenvalue weighted by Gasteiger charge is -1.98. The van der Waals surface area contributed by atoms with Gasteiger partial charge < -0.3 is 0 Å². The number of aromatic nitrogens is 1. The zero-order valence-corrected chi connectivity index (χ0v) is 6.40. The quantitative estimate of drug-likeness (QED) is 0.645. The molecule has 0 saturated heterocycles. The third kappa shape index (κ3) is 1.50. The molecule has 0 saturated carbocycles. The molecule has 1 heterocycles. The maximum Gasteiger partial charge on any atom is 0.266 e. The molecule has 0 N–H and O–H groups in total. The van der Waals surface area contributed by atoms with Crippen molar-refractivity contribution >= 4 is 15.9 Å². The van der Waals surface area contributed by atoms with Crippen LogP contribution in [0.5, 0.6) is 0 Å². The van der Waals surface area contributed by atoms with E-state index >= 15 is 0 Å². The number of halogens is 3. The first-order valence-electron chi connectivity index (χ1n) is 2.51. The molecule has 1 rings (SSSR count). The average Bonchev–Trinajstić information content (AvgIpc) is 1.88. The van der Waals surface area contributed by atoms with E-state index in [1.165, 1.54) is 12.3 Å². The molecular formula is C6H3BrF2N. The van der Waals surface area contributed by atoms with Crippen molar-refractivity contribution in [2.75, 3.05) is 0 Å². The minimum absolute atomic E-state index is 0.123. The zero-order chi connectivity index (χ0) is 7.56. The Hall–Kier alpha value is -0.510. The molecule has 0 aliphatic heterocycles. The zero-order valence-electron chi connectivity index (χ0n) is 4.81. The van der Waals surface area contributed by atoms with Gasteiger partial charge in [-0.15, -0.1) is 0 Å². The Morgan fingerprint density at radius 3 is 2.70 bits per heavy atom. The molecule has 0 atom stereocenters. The third-order valence-electron chi connectivity index (χ3n) is 0.965. The highest BCUT2D eigenvalue weighted by Crippen LogP contribution is 2.24. The number of pyridine rings is 1. The molecule has 1 nitrogen and oxygen atoms in total. The van der Waals surface area contributed by atoms with E-state index in [4.69, 9.17) is 0 Å². The van der Waals surface area contributed by atoms with Crippen molar-refractivity contribution in [2.45, 2.75) is 6.43 Å². The van der Waals surface area contributed by atoms with E-state index in [0.717, 1.165) is 0 Å². The second-order valence-corrected chi connectivity index (χ2v) is 2.37. The molecule has 4 heteroatoms. The second kappa shape index (κ2) is 3.05. The highest BCUT2D eigenvalue weighted by Gasteiger charge is 2.10. The first-order valence-corrected chi connectivity index (χ1v) is 3.30. The van der Waals surface area contributed by atoms with Gasteiger partial charge in [0.25, 0.3) is 6.43 Å². The minimum Gasteiger partial charge on any atom is -0.248 e.